The first-order valence-electron chi connectivity index (χ1n) is 7.58. The third-order valence-electron chi connectivity index (χ3n) is 4.13. The van der Waals surface area contributed by atoms with E-state index >= 15 is 0 Å². The van der Waals surface area contributed by atoms with Crippen molar-refractivity contribution in [3.63, 3.8) is 0 Å². The Morgan fingerprint density at radius 1 is 1.23 bits per heavy atom. The first-order chi connectivity index (χ1) is 10.5. The number of para-hydroxylation sites is 1. The van der Waals surface area contributed by atoms with Gasteiger partial charge in [0.1, 0.15) is 5.75 Å². The van der Waals surface area contributed by atoms with Crippen molar-refractivity contribution in [1.82, 2.24) is 0 Å². The summed E-state index contributed by atoms with van der Waals surface area (Å²) < 4.78 is 39.2. The van der Waals surface area contributed by atoms with E-state index in [1.165, 1.54) is 0 Å². The summed E-state index contributed by atoms with van der Waals surface area (Å²) in [5.41, 5.74) is 0.993. The molecule has 1 unspecified atom stereocenters. The van der Waals surface area contributed by atoms with Crippen LogP contribution in [0.2, 0.25) is 0 Å². The molecule has 2 N–H and O–H groups in total. The third-order valence-corrected chi connectivity index (χ3v) is 4.60. The van der Waals surface area contributed by atoms with Crippen molar-refractivity contribution >= 4 is 10.3 Å². The second kappa shape index (κ2) is 6.16. The fraction of sp³-hybridized carbons (Fsp3) is 0.600. The number of benzene rings is 1. The molecule has 1 saturated carbocycles. The summed E-state index contributed by atoms with van der Waals surface area (Å²) in [5.74, 6) is 0.125. The van der Waals surface area contributed by atoms with Crippen LogP contribution in [0.3, 0.4) is 0 Å². The fourth-order valence-electron chi connectivity index (χ4n) is 3.16. The maximum absolute atomic E-state index is 11.0. The highest BCUT2D eigenvalue weighted by Gasteiger charge is 2.40. The van der Waals surface area contributed by atoms with E-state index in [4.69, 9.17) is 18.8 Å². The van der Waals surface area contributed by atoms with E-state index in [1.807, 2.05) is 24.3 Å². The lowest BCUT2D eigenvalue weighted by atomic mass is 9.94. The van der Waals surface area contributed by atoms with Crippen molar-refractivity contribution in [2.45, 2.75) is 50.4 Å². The van der Waals surface area contributed by atoms with Crippen molar-refractivity contribution < 1.29 is 22.1 Å². The van der Waals surface area contributed by atoms with Crippen LogP contribution >= 0.6 is 0 Å². The molecule has 7 heteroatoms. The van der Waals surface area contributed by atoms with E-state index in [0.29, 0.717) is 6.42 Å². The lowest BCUT2D eigenvalue weighted by Gasteiger charge is -2.38. The highest BCUT2D eigenvalue weighted by Crippen LogP contribution is 2.39. The van der Waals surface area contributed by atoms with E-state index in [9.17, 15) is 8.42 Å². The van der Waals surface area contributed by atoms with Gasteiger partial charge in [0, 0.05) is 19.3 Å². The third kappa shape index (κ3) is 3.78. The summed E-state index contributed by atoms with van der Waals surface area (Å²) in [6.07, 6.45) is 4.96. The van der Waals surface area contributed by atoms with Gasteiger partial charge in [0.25, 0.3) is 0 Å². The van der Waals surface area contributed by atoms with Crippen LogP contribution in [0.25, 0.3) is 0 Å². The molecule has 2 aliphatic rings. The van der Waals surface area contributed by atoms with Crippen molar-refractivity contribution in [3.05, 3.63) is 29.8 Å². The molecule has 22 heavy (non-hydrogen) atoms. The summed E-state index contributed by atoms with van der Waals surface area (Å²) in [6, 6.07) is 7.75. The van der Waals surface area contributed by atoms with Crippen LogP contribution in [0, 0.1) is 0 Å². The van der Waals surface area contributed by atoms with Crippen molar-refractivity contribution in [3.8, 4) is 5.75 Å². The molecule has 1 aliphatic heterocycles. The summed E-state index contributed by atoms with van der Waals surface area (Å²) >= 11 is 0. The van der Waals surface area contributed by atoms with Crippen LogP contribution in [0.4, 0.5) is 0 Å². The van der Waals surface area contributed by atoms with Crippen LogP contribution in [-0.4, -0.2) is 26.9 Å². The lowest BCUT2D eigenvalue weighted by molar-refractivity contribution is -0.225. The smallest absolute Gasteiger partial charge is 0.333 e. The fourth-order valence-corrected chi connectivity index (χ4v) is 3.50. The largest absolute Gasteiger partial charge is 0.462 e. The molecule has 1 aliphatic carbocycles. The molecule has 122 valence electrons. The van der Waals surface area contributed by atoms with E-state index < -0.39 is 22.2 Å². The SMILES string of the molecule is NS(=O)(=O)OCC1Cc2ccccc2OC2(CCCCC2)O1. The lowest BCUT2D eigenvalue weighted by Crippen LogP contribution is -2.44. The van der Waals surface area contributed by atoms with Gasteiger partial charge in [-0.1, -0.05) is 24.6 Å². The molecule has 0 amide bonds. The Morgan fingerprint density at radius 2 is 1.95 bits per heavy atom. The van der Waals surface area contributed by atoms with Gasteiger partial charge in [0.2, 0.25) is 5.79 Å². The Bertz CT molecular complexity index is 625. The molecule has 1 spiro atoms. The number of hydrogen-bond donors (Lipinski definition) is 1. The second-order valence-electron chi connectivity index (χ2n) is 5.90. The molecular weight excluding hydrogens is 306 g/mol. The summed E-state index contributed by atoms with van der Waals surface area (Å²) in [4.78, 5) is 0. The summed E-state index contributed by atoms with van der Waals surface area (Å²) in [6.45, 7) is -0.0989. The summed E-state index contributed by atoms with van der Waals surface area (Å²) in [5, 5.41) is 4.92. The standard InChI is InChI=1S/C15H21NO5S/c16-22(17,18)19-11-13-10-12-6-2-3-7-14(12)21-15(20-13)8-4-1-5-9-15/h2-3,6-7,13H,1,4-5,8-11H2,(H2,16,17,18). The maximum Gasteiger partial charge on any atom is 0.333 e. The second-order valence-corrected chi connectivity index (χ2v) is 7.12. The van der Waals surface area contributed by atoms with Crippen molar-refractivity contribution in [1.29, 1.82) is 0 Å². The Balaban J connectivity index is 1.85. The Kier molecular flexibility index (Phi) is 4.40. The van der Waals surface area contributed by atoms with E-state index in [2.05, 4.69) is 0 Å². The molecular formula is C15H21NO5S. The van der Waals surface area contributed by atoms with E-state index in [-0.39, 0.29) is 6.61 Å². The molecule has 1 heterocycles. The Labute approximate surface area is 130 Å². The highest BCUT2D eigenvalue weighted by molar-refractivity contribution is 7.84. The van der Waals surface area contributed by atoms with Crippen LogP contribution < -0.4 is 9.88 Å². The van der Waals surface area contributed by atoms with Gasteiger partial charge in [-0.3, -0.25) is 4.18 Å². The first-order valence-corrected chi connectivity index (χ1v) is 9.05. The van der Waals surface area contributed by atoms with Gasteiger partial charge in [-0.15, -0.1) is 0 Å². The molecule has 0 radical (unpaired) electrons. The van der Waals surface area contributed by atoms with Crippen molar-refractivity contribution in [2.24, 2.45) is 5.14 Å². The predicted molar refractivity (Wildman–Crippen MR) is 80.5 cm³/mol. The molecule has 6 nitrogen and oxygen atoms in total. The van der Waals surface area contributed by atoms with Crippen molar-refractivity contribution in [2.75, 3.05) is 6.61 Å². The number of ether oxygens (including phenoxy) is 2. The molecule has 1 aromatic rings. The van der Waals surface area contributed by atoms with Gasteiger partial charge in [0.05, 0.1) is 12.7 Å². The van der Waals surface area contributed by atoms with Crippen LogP contribution in [0.5, 0.6) is 5.75 Å². The molecule has 1 atom stereocenters. The maximum atomic E-state index is 11.0. The topological polar surface area (TPSA) is 87.9 Å². The summed E-state index contributed by atoms with van der Waals surface area (Å²) in [7, 11) is -3.98. The zero-order chi connectivity index (χ0) is 15.6. The van der Waals surface area contributed by atoms with Crippen LogP contribution in [0.1, 0.15) is 37.7 Å². The minimum Gasteiger partial charge on any atom is -0.462 e. The molecule has 0 bridgehead atoms. The average Bonchev–Trinajstić information content (AvgIpc) is 2.61. The van der Waals surface area contributed by atoms with Gasteiger partial charge in [-0.25, -0.2) is 5.14 Å². The molecule has 3 rings (SSSR count). The Hall–Kier alpha value is -1.15. The Morgan fingerprint density at radius 3 is 2.68 bits per heavy atom. The molecule has 0 saturated heterocycles. The van der Waals surface area contributed by atoms with Crippen LogP contribution in [-0.2, 0) is 25.6 Å². The number of hydrogen-bond acceptors (Lipinski definition) is 5. The van der Waals surface area contributed by atoms with Gasteiger partial charge in [-0.2, -0.15) is 8.42 Å². The number of rotatable bonds is 3. The van der Waals surface area contributed by atoms with Crippen LogP contribution in [0.15, 0.2) is 24.3 Å². The zero-order valence-electron chi connectivity index (χ0n) is 12.4. The predicted octanol–water partition coefficient (Wildman–Crippen LogP) is 1.89. The first kappa shape index (κ1) is 15.7. The minimum atomic E-state index is -3.98. The quantitative estimate of drug-likeness (QED) is 0.916. The monoisotopic (exact) mass is 327 g/mol. The molecule has 1 fully saturated rings. The minimum absolute atomic E-state index is 0.0989. The average molecular weight is 327 g/mol. The van der Waals surface area contributed by atoms with Gasteiger partial charge in [-0.05, 0) is 24.5 Å². The van der Waals surface area contributed by atoms with E-state index in [0.717, 1.165) is 43.4 Å². The highest BCUT2D eigenvalue weighted by atomic mass is 32.2. The van der Waals surface area contributed by atoms with Gasteiger partial charge in [0.15, 0.2) is 0 Å². The van der Waals surface area contributed by atoms with E-state index in [1.54, 1.807) is 0 Å². The normalized spacial score (nSPS) is 24.3. The van der Waals surface area contributed by atoms with Gasteiger partial charge < -0.3 is 9.47 Å². The number of nitrogens with two attached hydrogens (primary N) is 1. The molecule has 1 aromatic carbocycles. The zero-order valence-corrected chi connectivity index (χ0v) is 13.2. The number of fused-ring (bicyclic) bond motifs is 1. The molecule has 0 aromatic heterocycles. The van der Waals surface area contributed by atoms with Gasteiger partial charge >= 0.3 is 10.3 Å².